The molecule has 3 rings (SSSR count). The second-order valence-electron chi connectivity index (χ2n) is 7.33. The normalized spacial score (nSPS) is 11.5. The van der Waals surface area contributed by atoms with Gasteiger partial charge in [-0.05, 0) is 24.6 Å². The number of aromatic nitrogens is 2. The van der Waals surface area contributed by atoms with Crippen LogP contribution >= 0.6 is 0 Å². The molecule has 0 aliphatic rings. The van der Waals surface area contributed by atoms with Gasteiger partial charge in [0, 0.05) is 33.8 Å². The Morgan fingerprint density at radius 3 is 2.58 bits per heavy atom. The lowest BCUT2D eigenvalue weighted by atomic mass is 10.2. The van der Waals surface area contributed by atoms with Crippen molar-refractivity contribution in [1.82, 2.24) is 14.9 Å². The van der Waals surface area contributed by atoms with E-state index in [9.17, 15) is 9.90 Å². The number of phenols is 1. The molecule has 0 saturated carbocycles. The molecule has 0 atom stereocenters. The summed E-state index contributed by atoms with van der Waals surface area (Å²) in [7, 11) is 8.57. The minimum atomic E-state index is -0.561. The highest BCUT2D eigenvalue weighted by Gasteiger charge is 2.19. The van der Waals surface area contributed by atoms with E-state index in [4.69, 9.17) is 9.47 Å². The summed E-state index contributed by atoms with van der Waals surface area (Å²) in [5, 5.41) is 10.5. The third-order valence-electron chi connectivity index (χ3n) is 4.94. The van der Waals surface area contributed by atoms with Crippen molar-refractivity contribution in [3.63, 3.8) is 0 Å². The number of hydrogen-bond acceptors (Lipinski definition) is 7. The van der Waals surface area contributed by atoms with E-state index in [0.717, 1.165) is 17.1 Å². The maximum Gasteiger partial charge on any atom is 0.286 e. The predicted molar refractivity (Wildman–Crippen MR) is 122 cm³/mol. The number of rotatable bonds is 6. The summed E-state index contributed by atoms with van der Waals surface area (Å²) in [6.45, 7) is 2.44. The molecule has 31 heavy (non-hydrogen) atoms. The SMILES string of the molecule is COc1cc2[nH]c(N(C)Cc3cccc(/N=C(\C)N(C)C)c3)nc(=O)c2c(O)c1OC. The zero-order valence-electron chi connectivity index (χ0n) is 18.6. The molecule has 1 aromatic heterocycles. The number of aromatic hydroxyl groups is 1. The average Bonchev–Trinajstić information content (AvgIpc) is 2.73. The van der Waals surface area contributed by atoms with E-state index < -0.39 is 5.56 Å². The first-order chi connectivity index (χ1) is 14.7. The summed E-state index contributed by atoms with van der Waals surface area (Å²) < 4.78 is 10.4. The van der Waals surface area contributed by atoms with Gasteiger partial charge in [0.1, 0.15) is 11.2 Å². The first-order valence-electron chi connectivity index (χ1n) is 9.65. The zero-order valence-corrected chi connectivity index (χ0v) is 18.6. The fraction of sp³-hybridized carbons (Fsp3) is 0.318. The van der Waals surface area contributed by atoms with E-state index in [0.29, 0.717) is 23.8 Å². The van der Waals surface area contributed by atoms with Crippen LogP contribution in [0.1, 0.15) is 12.5 Å². The van der Waals surface area contributed by atoms with Crippen molar-refractivity contribution >= 4 is 28.4 Å². The smallest absolute Gasteiger partial charge is 0.286 e. The molecule has 164 valence electrons. The third kappa shape index (κ3) is 4.55. The Labute approximate surface area is 180 Å². The number of hydrogen-bond donors (Lipinski definition) is 2. The first kappa shape index (κ1) is 21.9. The number of anilines is 1. The molecular weight excluding hydrogens is 398 g/mol. The largest absolute Gasteiger partial charge is 0.504 e. The van der Waals surface area contributed by atoms with Crippen molar-refractivity contribution in [1.29, 1.82) is 0 Å². The number of H-pyrrole nitrogens is 1. The highest BCUT2D eigenvalue weighted by Crippen LogP contribution is 2.40. The van der Waals surface area contributed by atoms with E-state index >= 15 is 0 Å². The number of benzene rings is 2. The standard InChI is InChI=1S/C22H27N5O4/c1-13(26(2)3)23-15-9-7-8-14(10-15)12-27(4)22-24-16-11-17(30-5)20(31-6)19(28)18(16)21(29)25-22/h7-11,28H,12H2,1-6H3,(H,24,25,29)/b23-13+. The Bertz CT molecular complexity index is 1190. The van der Waals surface area contributed by atoms with Crippen molar-refractivity contribution in [2.24, 2.45) is 4.99 Å². The van der Waals surface area contributed by atoms with Crippen LogP contribution in [-0.2, 0) is 6.54 Å². The van der Waals surface area contributed by atoms with Crippen LogP contribution in [0.15, 0.2) is 40.1 Å². The van der Waals surface area contributed by atoms with Gasteiger partial charge in [0.15, 0.2) is 11.5 Å². The predicted octanol–water partition coefficient (Wildman–Crippen LogP) is 2.89. The first-order valence-corrected chi connectivity index (χ1v) is 9.65. The van der Waals surface area contributed by atoms with Crippen LogP contribution in [0.5, 0.6) is 17.2 Å². The van der Waals surface area contributed by atoms with Gasteiger partial charge in [0.2, 0.25) is 11.7 Å². The quantitative estimate of drug-likeness (QED) is 0.462. The van der Waals surface area contributed by atoms with Crippen molar-refractivity contribution in [3.8, 4) is 17.2 Å². The van der Waals surface area contributed by atoms with Gasteiger partial charge in [-0.2, -0.15) is 4.98 Å². The topological polar surface area (TPSA) is 103 Å². The van der Waals surface area contributed by atoms with Gasteiger partial charge in [-0.25, -0.2) is 4.99 Å². The van der Waals surface area contributed by atoms with Crippen LogP contribution in [0.4, 0.5) is 11.6 Å². The third-order valence-corrected chi connectivity index (χ3v) is 4.94. The number of nitrogens with one attached hydrogen (secondary N) is 1. The number of phenolic OH excluding ortho intramolecular Hbond substituents is 1. The van der Waals surface area contributed by atoms with Crippen molar-refractivity contribution in [2.75, 3.05) is 40.3 Å². The lowest BCUT2D eigenvalue weighted by Crippen LogP contribution is -2.23. The Kier molecular flexibility index (Phi) is 6.33. The van der Waals surface area contributed by atoms with Gasteiger partial charge in [-0.3, -0.25) is 4.79 Å². The molecule has 9 heteroatoms. The van der Waals surface area contributed by atoms with E-state index in [1.165, 1.54) is 14.2 Å². The molecule has 0 amide bonds. The molecule has 9 nitrogen and oxygen atoms in total. The minimum Gasteiger partial charge on any atom is -0.504 e. The molecular formula is C22H27N5O4. The van der Waals surface area contributed by atoms with Crippen LogP contribution in [0.25, 0.3) is 10.9 Å². The van der Waals surface area contributed by atoms with Gasteiger partial charge in [-0.1, -0.05) is 12.1 Å². The van der Waals surface area contributed by atoms with Gasteiger partial charge < -0.3 is 29.4 Å². The van der Waals surface area contributed by atoms with Crippen LogP contribution in [0, 0.1) is 0 Å². The molecule has 0 unspecified atom stereocenters. The summed E-state index contributed by atoms with van der Waals surface area (Å²) in [4.78, 5) is 28.2. The molecule has 0 radical (unpaired) electrons. The Hall–Kier alpha value is -3.75. The molecule has 2 N–H and O–H groups in total. The van der Waals surface area contributed by atoms with Crippen molar-refractivity contribution in [3.05, 3.63) is 46.2 Å². The monoisotopic (exact) mass is 425 g/mol. The summed E-state index contributed by atoms with van der Waals surface area (Å²) in [5.74, 6) is 1.36. The van der Waals surface area contributed by atoms with E-state index in [2.05, 4.69) is 15.0 Å². The molecule has 0 aliphatic carbocycles. The lowest BCUT2D eigenvalue weighted by molar-refractivity contribution is 0.335. The minimum absolute atomic E-state index is 0.0466. The maximum atomic E-state index is 12.6. The summed E-state index contributed by atoms with van der Waals surface area (Å²) >= 11 is 0. The molecule has 3 aromatic rings. The van der Waals surface area contributed by atoms with Gasteiger partial charge >= 0.3 is 0 Å². The highest BCUT2D eigenvalue weighted by atomic mass is 16.5. The molecule has 2 aromatic carbocycles. The molecule has 0 saturated heterocycles. The number of nitrogens with zero attached hydrogens (tertiary/aromatic N) is 4. The number of methoxy groups -OCH3 is 2. The van der Waals surface area contributed by atoms with E-state index in [1.807, 2.05) is 62.1 Å². The summed E-state index contributed by atoms with van der Waals surface area (Å²) in [5.41, 5.74) is 1.69. The van der Waals surface area contributed by atoms with Gasteiger partial charge in [0.25, 0.3) is 5.56 Å². The maximum absolute atomic E-state index is 12.6. The zero-order chi connectivity index (χ0) is 22.7. The Morgan fingerprint density at radius 1 is 1.19 bits per heavy atom. The van der Waals surface area contributed by atoms with Crippen molar-refractivity contribution < 1.29 is 14.6 Å². The van der Waals surface area contributed by atoms with Gasteiger partial charge in [0.05, 0.1) is 25.4 Å². The number of aliphatic imine (C=N–C) groups is 1. The second kappa shape index (κ2) is 8.95. The second-order valence-corrected chi connectivity index (χ2v) is 7.33. The molecule has 0 fully saturated rings. The molecule has 0 bridgehead atoms. The molecule has 0 aliphatic heterocycles. The van der Waals surface area contributed by atoms with Gasteiger partial charge in [-0.15, -0.1) is 0 Å². The number of aromatic amines is 1. The van der Waals surface area contributed by atoms with E-state index in [1.54, 1.807) is 6.07 Å². The number of fused-ring (bicyclic) bond motifs is 1. The Morgan fingerprint density at radius 2 is 1.94 bits per heavy atom. The molecule has 0 spiro atoms. The summed E-state index contributed by atoms with van der Waals surface area (Å²) in [6, 6.07) is 9.46. The van der Waals surface area contributed by atoms with Crippen molar-refractivity contribution in [2.45, 2.75) is 13.5 Å². The van der Waals surface area contributed by atoms with Crippen LogP contribution in [0.3, 0.4) is 0 Å². The lowest BCUT2D eigenvalue weighted by Gasteiger charge is -2.19. The summed E-state index contributed by atoms with van der Waals surface area (Å²) in [6.07, 6.45) is 0. The van der Waals surface area contributed by atoms with Crippen LogP contribution in [0.2, 0.25) is 0 Å². The highest BCUT2D eigenvalue weighted by molar-refractivity contribution is 5.90. The Balaban J connectivity index is 1.96. The fourth-order valence-corrected chi connectivity index (χ4v) is 3.13. The van der Waals surface area contributed by atoms with E-state index in [-0.39, 0.29) is 16.9 Å². The number of ether oxygens (including phenoxy) is 2. The fourth-order valence-electron chi connectivity index (χ4n) is 3.13. The van der Waals surface area contributed by atoms with Crippen LogP contribution < -0.4 is 19.9 Å². The average molecular weight is 425 g/mol. The van der Waals surface area contributed by atoms with Crippen LogP contribution in [-0.4, -0.2) is 61.2 Å². The molecule has 1 heterocycles. The number of amidine groups is 1.